The number of nitrogens with two attached hydrogens (primary N) is 1. The van der Waals surface area contributed by atoms with Crippen LogP contribution in [-0.4, -0.2) is 17.5 Å². The highest BCUT2D eigenvalue weighted by atomic mass is 16.1. The third kappa shape index (κ3) is 2.39. The van der Waals surface area contributed by atoms with Crippen molar-refractivity contribution in [2.45, 2.75) is 20.3 Å². The van der Waals surface area contributed by atoms with E-state index in [9.17, 15) is 4.79 Å². The topological polar surface area (TPSA) is 60.4 Å². The Hall–Kier alpha value is -1.84. The van der Waals surface area contributed by atoms with Crippen molar-refractivity contribution in [2.75, 3.05) is 12.8 Å². The number of rotatable bonds is 2. The average Bonchev–Trinajstić information content (AvgIpc) is 2.25. The van der Waals surface area contributed by atoms with Crippen LogP contribution in [0.4, 0.5) is 5.69 Å². The van der Waals surface area contributed by atoms with Crippen LogP contribution in [0.2, 0.25) is 0 Å². The van der Waals surface area contributed by atoms with Crippen molar-refractivity contribution in [1.29, 1.82) is 0 Å². The lowest BCUT2D eigenvalue weighted by molar-refractivity contribution is 1.04. The highest BCUT2D eigenvalue weighted by molar-refractivity contribution is 5.99. The van der Waals surface area contributed by atoms with Crippen LogP contribution in [0.3, 0.4) is 0 Å². The maximum atomic E-state index is 11.8. The summed E-state index contributed by atoms with van der Waals surface area (Å²) in [5, 5.41) is 0. The van der Waals surface area contributed by atoms with Crippen molar-refractivity contribution in [3.05, 3.63) is 40.3 Å². The number of hydrogen-bond acceptors (Lipinski definition) is 3. The van der Waals surface area contributed by atoms with E-state index in [-0.39, 0.29) is 11.2 Å². The van der Waals surface area contributed by atoms with E-state index in [1.165, 1.54) is 4.57 Å². The first-order chi connectivity index (χ1) is 7.61. The molecule has 4 nitrogen and oxygen atoms in total. The minimum atomic E-state index is -0.230. The van der Waals surface area contributed by atoms with Crippen LogP contribution in [-0.2, 0) is 0 Å². The number of anilines is 1. The standard InChI is InChI=1S/C12H17N3O/c1-4-6-9(2)11(14-3)15-8-5-7-10(13)12(15)16/h5-8H,4,13H2,1-3H3/b9-6-,14-11?. The highest BCUT2D eigenvalue weighted by Crippen LogP contribution is 2.02. The van der Waals surface area contributed by atoms with Crippen LogP contribution in [0.1, 0.15) is 20.3 Å². The summed E-state index contributed by atoms with van der Waals surface area (Å²) < 4.78 is 1.47. The molecular weight excluding hydrogens is 202 g/mol. The molecule has 0 fully saturated rings. The number of aromatic nitrogens is 1. The van der Waals surface area contributed by atoms with Gasteiger partial charge in [0.05, 0.1) is 5.69 Å². The quantitative estimate of drug-likeness (QED) is 0.607. The molecule has 1 rings (SSSR count). The number of hydrogen-bond donors (Lipinski definition) is 1. The zero-order valence-electron chi connectivity index (χ0n) is 9.90. The number of allylic oxidation sites excluding steroid dienone is 2. The predicted molar refractivity (Wildman–Crippen MR) is 67.9 cm³/mol. The molecule has 0 saturated heterocycles. The van der Waals surface area contributed by atoms with Gasteiger partial charge in [-0.1, -0.05) is 13.0 Å². The van der Waals surface area contributed by atoms with Gasteiger partial charge in [0.2, 0.25) is 0 Å². The van der Waals surface area contributed by atoms with Gasteiger partial charge in [-0.2, -0.15) is 0 Å². The van der Waals surface area contributed by atoms with Crippen molar-refractivity contribution in [3.8, 4) is 0 Å². The maximum Gasteiger partial charge on any atom is 0.279 e. The molecule has 2 N–H and O–H groups in total. The normalized spacial score (nSPS) is 12.9. The Bertz CT molecular complexity index is 483. The Kier molecular flexibility index (Phi) is 4.05. The van der Waals surface area contributed by atoms with Crippen LogP contribution in [0.15, 0.2) is 39.8 Å². The summed E-state index contributed by atoms with van der Waals surface area (Å²) in [6.07, 6.45) is 4.61. The lowest BCUT2D eigenvalue weighted by Gasteiger charge is -2.09. The molecule has 0 spiro atoms. The second-order valence-corrected chi connectivity index (χ2v) is 3.48. The first-order valence-corrected chi connectivity index (χ1v) is 5.23. The summed E-state index contributed by atoms with van der Waals surface area (Å²) in [5.74, 6) is 0.638. The van der Waals surface area contributed by atoms with Gasteiger partial charge < -0.3 is 5.73 Å². The first kappa shape index (κ1) is 12.2. The van der Waals surface area contributed by atoms with Crippen molar-refractivity contribution in [2.24, 2.45) is 4.99 Å². The van der Waals surface area contributed by atoms with E-state index in [2.05, 4.69) is 4.99 Å². The number of nitrogens with zero attached hydrogens (tertiary/aromatic N) is 2. The largest absolute Gasteiger partial charge is 0.394 e. The fourth-order valence-corrected chi connectivity index (χ4v) is 1.55. The maximum absolute atomic E-state index is 11.8. The third-order valence-corrected chi connectivity index (χ3v) is 2.28. The molecule has 16 heavy (non-hydrogen) atoms. The molecule has 4 heteroatoms. The summed E-state index contributed by atoms with van der Waals surface area (Å²) in [4.78, 5) is 15.9. The van der Waals surface area contributed by atoms with Gasteiger partial charge in [-0.05, 0) is 31.1 Å². The van der Waals surface area contributed by atoms with Crippen LogP contribution < -0.4 is 11.3 Å². The summed E-state index contributed by atoms with van der Waals surface area (Å²) in [5.41, 5.74) is 6.55. The molecule has 86 valence electrons. The van der Waals surface area contributed by atoms with E-state index < -0.39 is 0 Å². The zero-order valence-corrected chi connectivity index (χ0v) is 9.90. The van der Waals surface area contributed by atoms with Gasteiger partial charge >= 0.3 is 0 Å². The van der Waals surface area contributed by atoms with E-state index >= 15 is 0 Å². The van der Waals surface area contributed by atoms with E-state index in [1.807, 2.05) is 19.9 Å². The van der Waals surface area contributed by atoms with E-state index in [4.69, 9.17) is 5.73 Å². The molecule has 0 radical (unpaired) electrons. The van der Waals surface area contributed by atoms with Gasteiger partial charge in [-0.15, -0.1) is 0 Å². The van der Waals surface area contributed by atoms with Gasteiger partial charge in [0.1, 0.15) is 5.84 Å². The zero-order chi connectivity index (χ0) is 12.1. The van der Waals surface area contributed by atoms with Crippen LogP contribution in [0.5, 0.6) is 0 Å². The average molecular weight is 219 g/mol. The van der Waals surface area contributed by atoms with Crippen molar-refractivity contribution >= 4 is 11.5 Å². The van der Waals surface area contributed by atoms with Crippen molar-refractivity contribution < 1.29 is 0 Å². The van der Waals surface area contributed by atoms with E-state index in [0.29, 0.717) is 5.84 Å². The number of pyridine rings is 1. The molecule has 0 atom stereocenters. The number of aliphatic imine (C=N–C) groups is 1. The SMILES string of the molecule is CC/C=C(/C)C(=NC)n1cccc(N)c1=O. The second-order valence-electron chi connectivity index (χ2n) is 3.48. The van der Waals surface area contributed by atoms with Crippen LogP contribution in [0.25, 0.3) is 0 Å². The molecule has 0 aromatic carbocycles. The monoisotopic (exact) mass is 219 g/mol. The lowest BCUT2D eigenvalue weighted by Crippen LogP contribution is -2.29. The molecule has 0 aliphatic carbocycles. The fraction of sp³-hybridized carbons (Fsp3) is 0.333. The molecular formula is C12H17N3O. The third-order valence-electron chi connectivity index (χ3n) is 2.28. The Balaban J connectivity index is 3.32. The Morgan fingerprint density at radius 3 is 2.88 bits per heavy atom. The van der Waals surface area contributed by atoms with Gasteiger partial charge in [-0.3, -0.25) is 14.4 Å². The molecule has 0 saturated carbocycles. The molecule has 1 aromatic heterocycles. The van der Waals surface area contributed by atoms with E-state index in [1.54, 1.807) is 25.4 Å². The smallest absolute Gasteiger partial charge is 0.279 e. The summed E-state index contributed by atoms with van der Waals surface area (Å²) in [6, 6.07) is 3.33. The second kappa shape index (κ2) is 5.30. The van der Waals surface area contributed by atoms with Gasteiger partial charge in [0.15, 0.2) is 0 Å². The molecule has 0 aliphatic heterocycles. The first-order valence-electron chi connectivity index (χ1n) is 5.23. The Morgan fingerprint density at radius 2 is 2.31 bits per heavy atom. The molecule has 0 unspecified atom stereocenters. The summed E-state index contributed by atoms with van der Waals surface area (Å²) in [6.45, 7) is 3.97. The lowest BCUT2D eigenvalue weighted by atomic mass is 10.2. The van der Waals surface area contributed by atoms with Crippen LogP contribution >= 0.6 is 0 Å². The predicted octanol–water partition coefficient (Wildman–Crippen LogP) is 1.66. The van der Waals surface area contributed by atoms with Crippen molar-refractivity contribution in [3.63, 3.8) is 0 Å². The van der Waals surface area contributed by atoms with E-state index in [0.717, 1.165) is 12.0 Å². The fourth-order valence-electron chi connectivity index (χ4n) is 1.55. The minimum Gasteiger partial charge on any atom is -0.394 e. The molecule has 1 aromatic rings. The molecule has 0 amide bonds. The van der Waals surface area contributed by atoms with Gasteiger partial charge in [-0.25, -0.2) is 0 Å². The van der Waals surface area contributed by atoms with Crippen LogP contribution in [0, 0.1) is 0 Å². The van der Waals surface area contributed by atoms with Gasteiger partial charge in [0, 0.05) is 13.2 Å². The number of nitrogen functional groups attached to an aromatic ring is 1. The molecule has 0 bridgehead atoms. The minimum absolute atomic E-state index is 0.230. The highest BCUT2D eigenvalue weighted by Gasteiger charge is 2.07. The molecule has 0 aliphatic rings. The van der Waals surface area contributed by atoms with Gasteiger partial charge in [0.25, 0.3) is 5.56 Å². The summed E-state index contributed by atoms with van der Waals surface area (Å²) >= 11 is 0. The Labute approximate surface area is 95.1 Å². The Morgan fingerprint density at radius 1 is 1.62 bits per heavy atom. The summed E-state index contributed by atoms with van der Waals surface area (Å²) in [7, 11) is 1.66. The van der Waals surface area contributed by atoms with Crippen molar-refractivity contribution in [1.82, 2.24) is 4.57 Å². The molecule has 1 heterocycles.